The molecule has 1 saturated carbocycles. The van der Waals surface area contributed by atoms with Crippen LogP contribution in [-0.2, 0) is 0 Å². The smallest absolute Gasteiger partial charge is 0.160 e. The van der Waals surface area contributed by atoms with Gasteiger partial charge in [-0.15, -0.1) is 0 Å². The molecule has 4 atom stereocenters. The lowest BCUT2D eigenvalue weighted by Crippen LogP contribution is -2.47. The maximum Gasteiger partial charge on any atom is 0.160 e. The molecule has 2 aromatic carbocycles. The molecule has 0 aromatic heterocycles. The summed E-state index contributed by atoms with van der Waals surface area (Å²) in [6.45, 7) is -0.102. The number of methoxy groups -OCH3 is 2. The second kappa shape index (κ2) is 7.43. The van der Waals surface area contributed by atoms with Gasteiger partial charge < -0.3 is 29.9 Å². The summed E-state index contributed by atoms with van der Waals surface area (Å²) in [6.07, 6.45) is 0. The lowest BCUT2D eigenvalue weighted by atomic mass is 9.53. The van der Waals surface area contributed by atoms with Crippen molar-refractivity contribution in [3.8, 4) is 23.0 Å². The topological polar surface area (TPSA) is 99.4 Å². The number of ether oxygens (including phenoxy) is 2. The molecule has 2 aromatic rings. The van der Waals surface area contributed by atoms with E-state index in [0.717, 1.165) is 11.1 Å². The molecule has 0 bridgehead atoms. The first-order chi connectivity index (χ1) is 12.5. The summed E-state index contributed by atoms with van der Waals surface area (Å²) in [4.78, 5) is 0. The minimum atomic E-state index is -0.112. The molecule has 0 radical (unpaired) electrons. The number of benzene rings is 2. The Balaban J connectivity index is 2.03. The maximum atomic E-state index is 9.85. The quantitative estimate of drug-likeness (QED) is 0.630. The Morgan fingerprint density at radius 2 is 1.12 bits per heavy atom. The highest BCUT2D eigenvalue weighted by Gasteiger charge is 2.51. The zero-order valence-corrected chi connectivity index (χ0v) is 14.8. The lowest BCUT2D eigenvalue weighted by molar-refractivity contribution is -0.00331. The number of aliphatic hydroxyl groups is 2. The first-order valence-electron chi connectivity index (χ1n) is 8.51. The third kappa shape index (κ3) is 2.95. The summed E-state index contributed by atoms with van der Waals surface area (Å²) < 4.78 is 10.4. The molecule has 1 aliphatic carbocycles. The zero-order chi connectivity index (χ0) is 18.8. The monoisotopic (exact) mass is 360 g/mol. The number of aliphatic hydroxyl groups excluding tert-OH is 2. The number of aromatic hydroxyl groups is 2. The fourth-order valence-corrected chi connectivity index (χ4v) is 4.13. The number of rotatable bonds is 6. The molecule has 0 unspecified atom stereocenters. The van der Waals surface area contributed by atoms with E-state index in [1.165, 1.54) is 14.2 Å². The fourth-order valence-electron chi connectivity index (χ4n) is 4.13. The van der Waals surface area contributed by atoms with Gasteiger partial charge in [-0.2, -0.15) is 0 Å². The highest BCUT2D eigenvalue weighted by molar-refractivity contribution is 5.48. The Labute approximate surface area is 152 Å². The number of hydrogen-bond donors (Lipinski definition) is 4. The predicted octanol–water partition coefficient (Wildman–Crippen LogP) is 2.21. The number of phenols is 2. The molecule has 3 rings (SSSR count). The Bertz CT molecular complexity index is 709. The van der Waals surface area contributed by atoms with Gasteiger partial charge in [-0.1, -0.05) is 12.1 Å². The molecule has 6 nitrogen and oxygen atoms in total. The molecule has 4 N–H and O–H groups in total. The van der Waals surface area contributed by atoms with Crippen molar-refractivity contribution < 1.29 is 29.9 Å². The number of hydrogen-bond acceptors (Lipinski definition) is 6. The summed E-state index contributed by atoms with van der Waals surface area (Å²) in [7, 11) is 2.98. The van der Waals surface area contributed by atoms with E-state index in [0.29, 0.717) is 11.5 Å². The van der Waals surface area contributed by atoms with Crippen LogP contribution >= 0.6 is 0 Å². The van der Waals surface area contributed by atoms with E-state index in [9.17, 15) is 20.4 Å². The van der Waals surface area contributed by atoms with E-state index in [2.05, 4.69) is 0 Å². The first-order valence-corrected chi connectivity index (χ1v) is 8.51. The largest absolute Gasteiger partial charge is 0.504 e. The van der Waals surface area contributed by atoms with Crippen LogP contribution in [0.5, 0.6) is 23.0 Å². The third-order valence-electron chi connectivity index (χ3n) is 5.46. The average Bonchev–Trinajstić information content (AvgIpc) is 2.64. The molecular formula is C20H24O6. The van der Waals surface area contributed by atoms with Crippen LogP contribution < -0.4 is 9.47 Å². The standard InChI is InChI=1S/C20H24O6/c1-25-17-7-11(3-5-15(17)23)19-13(9-21)14(10-22)20(19)12-4-6-16(24)18(8-12)26-2/h3-8,13-14,19-24H,9-10H2,1-2H3/t13-,14-,19-,20+/m1/s1. The van der Waals surface area contributed by atoms with Gasteiger partial charge in [-0.05, 0) is 59.1 Å². The van der Waals surface area contributed by atoms with Crippen LogP contribution in [0.1, 0.15) is 23.0 Å². The summed E-state index contributed by atoms with van der Waals surface area (Å²) in [5.41, 5.74) is 1.83. The molecular weight excluding hydrogens is 336 g/mol. The highest BCUT2D eigenvalue weighted by Crippen LogP contribution is 2.58. The van der Waals surface area contributed by atoms with Crippen molar-refractivity contribution in [3.63, 3.8) is 0 Å². The summed E-state index contributed by atoms with van der Waals surface area (Å²) in [6, 6.07) is 10.3. The third-order valence-corrected chi connectivity index (χ3v) is 5.46. The summed E-state index contributed by atoms with van der Waals surface area (Å²) >= 11 is 0. The summed E-state index contributed by atoms with van der Waals surface area (Å²) in [5, 5.41) is 39.4. The minimum absolute atomic E-state index is 0.0508. The highest BCUT2D eigenvalue weighted by atomic mass is 16.5. The van der Waals surface area contributed by atoms with E-state index >= 15 is 0 Å². The lowest BCUT2D eigenvalue weighted by Gasteiger charge is -2.51. The van der Waals surface area contributed by atoms with Crippen LogP contribution in [0.3, 0.4) is 0 Å². The molecule has 0 heterocycles. The van der Waals surface area contributed by atoms with Crippen molar-refractivity contribution in [1.82, 2.24) is 0 Å². The maximum absolute atomic E-state index is 9.85. The fraction of sp³-hybridized carbons (Fsp3) is 0.400. The van der Waals surface area contributed by atoms with Crippen LogP contribution in [0.4, 0.5) is 0 Å². The second-order valence-electron chi connectivity index (χ2n) is 6.61. The zero-order valence-electron chi connectivity index (χ0n) is 14.8. The van der Waals surface area contributed by atoms with Crippen molar-refractivity contribution in [2.45, 2.75) is 11.8 Å². The van der Waals surface area contributed by atoms with Crippen molar-refractivity contribution in [1.29, 1.82) is 0 Å². The van der Waals surface area contributed by atoms with Crippen LogP contribution in [-0.4, -0.2) is 47.9 Å². The normalized spacial score (nSPS) is 24.8. The van der Waals surface area contributed by atoms with Gasteiger partial charge in [0.05, 0.1) is 14.2 Å². The van der Waals surface area contributed by atoms with Gasteiger partial charge in [0.1, 0.15) is 0 Å². The van der Waals surface area contributed by atoms with Gasteiger partial charge in [0.25, 0.3) is 0 Å². The minimum Gasteiger partial charge on any atom is -0.504 e. The van der Waals surface area contributed by atoms with Crippen LogP contribution in [0, 0.1) is 11.8 Å². The van der Waals surface area contributed by atoms with Gasteiger partial charge in [0.2, 0.25) is 0 Å². The molecule has 6 heteroatoms. The molecule has 0 spiro atoms. The number of phenolic OH excluding ortho intramolecular Hbond substituents is 2. The van der Waals surface area contributed by atoms with Crippen molar-refractivity contribution in [3.05, 3.63) is 47.5 Å². The second-order valence-corrected chi connectivity index (χ2v) is 6.61. The molecule has 1 aliphatic rings. The van der Waals surface area contributed by atoms with Gasteiger partial charge in [0.15, 0.2) is 23.0 Å². The van der Waals surface area contributed by atoms with Gasteiger partial charge in [-0.3, -0.25) is 0 Å². The van der Waals surface area contributed by atoms with E-state index in [1.807, 2.05) is 12.1 Å². The van der Waals surface area contributed by atoms with Gasteiger partial charge >= 0.3 is 0 Å². The van der Waals surface area contributed by atoms with E-state index in [1.54, 1.807) is 24.3 Å². The Hall–Kier alpha value is -2.44. The van der Waals surface area contributed by atoms with Gasteiger partial charge in [0, 0.05) is 13.2 Å². The molecule has 1 fully saturated rings. The van der Waals surface area contributed by atoms with E-state index < -0.39 is 0 Å². The van der Waals surface area contributed by atoms with Crippen LogP contribution in [0.15, 0.2) is 36.4 Å². The van der Waals surface area contributed by atoms with Crippen molar-refractivity contribution >= 4 is 0 Å². The molecule has 0 saturated heterocycles. The molecule has 26 heavy (non-hydrogen) atoms. The van der Waals surface area contributed by atoms with Crippen molar-refractivity contribution in [2.24, 2.45) is 11.8 Å². The summed E-state index contributed by atoms with van der Waals surface area (Å²) in [5.74, 6) is 0.512. The Morgan fingerprint density at radius 1 is 0.731 bits per heavy atom. The molecule has 0 aliphatic heterocycles. The Morgan fingerprint density at radius 3 is 1.42 bits per heavy atom. The predicted molar refractivity (Wildman–Crippen MR) is 96.0 cm³/mol. The van der Waals surface area contributed by atoms with Gasteiger partial charge in [-0.25, -0.2) is 0 Å². The first kappa shape index (κ1) is 18.4. The SMILES string of the molecule is COc1cc([C@@H]2[C@H](CO)[C@@H](CO)[C@@H]2c2ccc(O)c(OC)c2)ccc1O. The van der Waals surface area contributed by atoms with Crippen LogP contribution in [0.2, 0.25) is 0 Å². The average molecular weight is 360 g/mol. The van der Waals surface area contributed by atoms with E-state index in [-0.39, 0.29) is 48.4 Å². The molecule has 140 valence electrons. The van der Waals surface area contributed by atoms with Crippen molar-refractivity contribution in [2.75, 3.05) is 27.4 Å². The molecule has 0 amide bonds. The Kier molecular flexibility index (Phi) is 5.25. The van der Waals surface area contributed by atoms with Crippen LogP contribution in [0.25, 0.3) is 0 Å². The van der Waals surface area contributed by atoms with E-state index in [4.69, 9.17) is 9.47 Å².